The van der Waals surface area contributed by atoms with Gasteiger partial charge in [0.05, 0.1) is 10.3 Å². The Balaban J connectivity index is 1.75. The van der Waals surface area contributed by atoms with Crippen LogP contribution in [0.15, 0.2) is 58.2 Å². The van der Waals surface area contributed by atoms with E-state index in [1.807, 2.05) is 0 Å². The van der Waals surface area contributed by atoms with Gasteiger partial charge in [0.1, 0.15) is 11.6 Å². The maximum absolute atomic E-state index is 12.6. The molecule has 9 nitrogen and oxygen atoms in total. The molecule has 1 N–H and O–H groups in total. The van der Waals surface area contributed by atoms with Crippen LogP contribution in [0.5, 0.6) is 0 Å². The molecule has 3 rings (SSSR count). The Bertz CT molecular complexity index is 1230. The van der Waals surface area contributed by atoms with Crippen molar-refractivity contribution in [3.05, 3.63) is 63.9 Å². The van der Waals surface area contributed by atoms with Gasteiger partial charge in [0.2, 0.25) is 10.0 Å². The second kappa shape index (κ2) is 8.90. The molecular weight excluding hydrogens is 432 g/mol. The maximum Gasteiger partial charge on any atom is 0.326 e. The van der Waals surface area contributed by atoms with Crippen LogP contribution in [-0.2, 0) is 26.3 Å². The molecule has 1 aromatic heterocycles. The van der Waals surface area contributed by atoms with Gasteiger partial charge >= 0.3 is 5.97 Å². The summed E-state index contributed by atoms with van der Waals surface area (Å²) in [6.45, 7) is 2.83. The summed E-state index contributed by atoms with van der Waals surface area (Å²) in [6.07, 6.45) is 0. The van der Waals surface area contributed by atoms with Gasteiger partial charge in [-0.25, -0.2) is 8.42 Å². The molecule has 0 aliphatic heterocycles. The molecule has 30 heavy (non-hydrogen) atoms. The third-order valence-corrected chi connectivity index (χ3v) is 5.99. The maximum atomic E-state index is 12.6. The molecule has 11 heteroatoms. The van der Waals surface area contributed by atoms with Gasteiger partial charge in [0.15, 0.2) is 6.73 Å². The smallest absolute Gasteiger partial charge is 0.326 e. The van der Waals surface area contributed by atoms with Crippen molar-refractivity contribution in [1.82, 2.24) is 19.7 Å². The number of aromatic nitrogens is 3. The minimum absolute atomic E-state index is 0.0398. The number of benzene rings is 2. The Morgan fingerprint density at radius 1 is 1.17 bits per heavy atom. The predicted molar refractivity (Wildman–Crippen MR) is 110 cm³/mol. The molecule has 0 fully saturated rings. The molecule has 0 bridgehead atoms. The molecule has 0 aliphatic rings. The normalized spacial score (nSPS) is 12.8. The summed E-state index contributed by atoms with van der Waals surface area (Å²) in [5.41, 5.74) is -0.0582. The zero-order valence-corrected chi connectivity index (χ0v) is 17.7. The quantitative estimate of drug-likeness (QED) is 0.546. The lowest BCUT2D eigenvalue weighted by Gasteiger charge is -2.20. The fourth-order valence-electron chi connectivity index (χ4n) is 2.63. The molecule has 0 spiro atoms. The summed E-state index contributed by atoms with van der Waals surface area (Å²) < 4.78 is 33.6. The van der Waals surface area contributed by atoms with E-state index >= 15 is 0 Å². The highest BCUT2D eigenvalue weighted by Crippen LogP contribution is 2.16. The standard InChI is InChI=1S/C19H19ClN4O5S/c1-12(2)17(22-30(27,28)14-9-7-13(20)8-10-14)19(26)29-11-24-18(25)15-5-3-4-6-16(15)21-23-24/h3-10,12,17,22H,11H2,1-2H3. The Morgan fingerprint density at radius 2 is 1.83 bits per heavy atom. The van der Waals surface area contributed by atoms with Crippen LogP contribution < -0.4 is 10.3 Å². The molecule has 1 atom stereocenters. The van der Waals surface area contributed by atoms with Crippen LogP contribution in [0.1, 0.15) is 13.8 Å². The molecule has 0 saturated heterocycles. The fraction of sp³-hybridized carbons (Fsp3) is 0.263. The van der Waals surface area contributed by atoms with Gasteiger partial charge in [-0.3, -0.25) is 9.59 Å². The topological polar surface area (TPSA) is 120 Å². The van der Waals surface area contributed by atoms with Crippen molar-refractivity contribution in [2.45, 2.75) is 31.5 Å². The van der Waals surface area contributed by atoms with Crippen LogP contribution in [0, 0.1) is 5.92 Å². The average Bonchev–Trinajstić information content (AvgIpc) is 2.71. The van der Waals surface area contributed by atoms with Crippen molar-refractivity contribution in [2.75, 3.05) is 0 Å². The Hall–Kier alpha value is -2.82. The second-order valence-corrected chi connectivity index (χ2v) is 8.95. The van der Waals surface area contributed by atoms with Crippen LogP contribution in [-0.4, -0.2) is 35.4 Å². The highest BCUT2D eigenvalue weighted by Gasteiger charge is 2.30. The number of hydrogen-bond donors (Lipinski definition) is 1. The summed E-state index contributed by atoms with van der Waals surface area (Å²) in [5.74, 6) is -1.26. The largest absolute Gasteiger partial charge is 0.441 e. The van der Waals surface area contributed by atoms with Crippen molar-refractivity contribution in [2.24, 2.45) is 5.92 Å². The first kappa shape index (κ1) is 21.9. The molecule has 158 valence electrons. The number of halogens is 1. The Kier molecular flexibility index (Phi) is 6.49. The zero-order valence-electron chi connectivity index (χ0n) is 16.1. The van der Waals surface area contributed by atoms with Crippen molar-refractivity contribution in [3.63, 3.8) is 0 Å². The number of carbonyl (C=O) groups is 1. The van der Waals surface area contributed by atoms with Gasteiger partial charge in [-0.2, -0.15) is 9.40 Å². The van der Waals surface area contributed by atoms with Gasteiger partial charge in [-0.15, -0.1) is 5.10 Å². The number of nitrogens with zero attached hydrogens (tertiary/aromatic N) is 3. The van der Waals surface area contributed by atoms with Gasteiger partial charge in [0, 0.05) is 5.02 Å². The molecule has 1 heterocycles. The minimum Gasteiger partial charge on any atom is -0.441 e. The van der Waals surface area contributed by atoms with Gasteiger partial charge < -0.3 is 4.74 Å². The van der Waals surface area contributed by atoms with E-state index in [2.05, 4.69) is 15.0 Å². The van der Waals surface area contributed by atoms with Crippen LogP contribution in [0.2, 0.25) is 5.02 Å². The fourth-order valence-corrected chi connectivity index (χ4v) is 4.09. The Labute approximate surface area is 177 Å². The average molecular weight is 451 g/mol. The van der Waals surface area contributed by atoms with Crippen LogP contribution in [0.25, 0.3) is 10.9 Å². The zero-order chi connectivity index (χ0) is 21.9. The predicted octanol–water partition coefficient (Wildman–Crippen LogP) is 1.95. The van der Waals surface area contributed by atoms with E-state index in [1.165, 1.54) is 24.3 Å². The van der Waals surface area contributed by atoms with E-state index < -0.39 is 40.2 Å². The van der Waals surface area contributed by atoms with Crippen LogP contribution >= 0.6 is 11.6 Å². The van der Waals surface area contributed by atoms with Crippen molar-refractivity contribution < 1.29 is 17.9 Å². The van der Waals surface area contributed by atoms with Crippen LogP contribution in [0.4, 0.5) is 0 Å². The van der Waals surface area contributed by atoms with Gasteiger partial charge in [0.25, 0.3) is 5.56 Å². The number of hydrogen-bond acceptors (Lipinski definition) is 7. The molecule has 1 unspecified atom stereocenters. The van der Waals surface area contributed by atoms with E-state index in [0.29, 0.717) is 15.9 Å². The molecule has 0 amide bonds. The number of ether oxygens (including phenoxy) is 1. The van der Waals surface area contributed by atoms with E-state index in [4.69, 9.17) is 16.3 Å². The first-order valence-corrected chi connectivity index (χ1v) is 10.8. The number of rotatable bonds is 7. The number of fused-ring (bicyclic) bond motifs is 1. The first-order chi connectivity index (χ1) is 14.2. The minimum atomic E-state index is -3.99. The van der Waals surface area contributed by atoms with E-state index in [9.17, 15) is 18.0 Å². The third kappa shape index (κ3) is 4.84. The lowest BCUT2D eigenvalue weighted by atomic mass is 10.1. The van der Waals surface area contributed by atoms with Crippen molar-refractivity contribution >= 4 is 38.5 Å². The molecular formula is C19H19ClN4O5S. The molecule has 0 saturated carbocycles. The number of nitrogens with one attached hydrogen (secondary N) is 1. The Morgan fingerprint density at radius 3 is 2.50 bits per heavy atom. The van der Waals surface area contributed by atoms with Crippen molar-refractivity contribution in [1.29, 1.82) is 0 Å². The third-order valence-electron chi connectivity index (χ3n) is 4.29. The highest BCUT2D eigenvalue weighted by molar-refractivity contribution is 7.89. The first-order valence-electron chi connectivity index (χ1n) is 8.96. The van der Waals surface area contributed by atoms with E-state index in [1.54, 1.807) is 38.1 Å². The summed E-state index contributed by atoms with van der Waals surface area (Å²) in [4.78, 5) is 25.0. The SMILES string of the molecule is CC(C)C(NS(=O)(=O)c1ccc(Cl)cc1)C(=O)OCn1nnc2ccccc2c1=O. The highest BCUT2D eigenvalue weighted by atomic mass is 35.5. The molecule has 2 aromatic carbocycles. The molecule has 3 aromatic rings. The number of sulfonamides is 1. The molecule has 0 aliphatic carbocycles. The van der Waals surface area contributed by atoms with Gasteiger partial charge in [-0.05, 0) is 42.3 Å². The number of esters is 1. The van der Waals surface area contributed by atoms with Crippen molar-refractivity contribution in [3.8, 4) is 0 Å². The lowest BCUT2D eigenvalue weighted by molar-refractivity contribution is -0.151. The lowest BCUT2D eigenvalue weighted by Crippen LogP contribution is -2.45. The number of carbonyl (C=O) groups excluding carboxylic acids is 1. The van der Waals surface area contributed by atoms with E-state index in [0.717, 1.165) is 4.68 Å². The second-order valence-electron chi connectivity index (χ2n) is 6.80. The summed E-state index contributed by atoms with van der Waals surface area (Å²) in [7, 11) is -3.99. The molecule has 0 radical (unpaired) electrons. The van der Waals surface area contributed by atoms with Crippen LogP contribution in [0.3, 0.4) is 0 Å². The van der Waals surface area contributed by atoms with E-state index in [-0.39, 0.29) is 4.90 Å². The van der Waals surface area contributed by atoms with Gasteiger partial charge in [-0.1, -0.05) is 42.8 Å². The summed E-state index contributed by atoms with van der Waals surface area (Å²) in [6, 6.07) is 11.0. The summed E-state index contributed by atoms with van der Waals surface area (Å²) >= 11 is 5.79. The monoisotopic (exact) mass is 450 g/mol. The summed E-state index contributed by atoms with van der Waals surface area (Å²) in [5, 5.41) is 8.36.